The highest BCUT2D eigenvalue weighted by atomic mass is 16.2. The summed E-state index contributed by atoms with van der Waals surface area (Å²) in [7, 11) is 0. The smallest absolute Gasteiger partial charge is 0.0428 e. The van der Waals surface area contributed by atoms with Crippen molar-refractivity contribution in [1.29, 1.82) is 0 Å². The minimum Gasteiger partial charge on any atom is -0.396 e. The van der Waals surface area contributed by atoms with Gasteiger partial charge in [-0.05, 0) is 6.37 Å². The van der Waals surface area contributed by atoms with Crippen LogP contribution in [-0.2, 0) is 0 Å². The van der Waals surface area contributed by atoms with E-state index in [0.717, 1.165) is 0 Å². The van der Waals surface area contributed by atoms with Crippen molar-refractivity contribution in [3.05, 3.63) is 0 Å². The van der Waals surface area contributed by atoms with Crippen molar-refractivity contribution in [3.8, 4) is 0 Å². The Kier molecular flexibility index (Phi) is 0.530. The quantitative estimate of drug-likeness (QED) is 0.467. The van der Waals surface area contributed by atoms with Crippen molar-refractivity contribution in [2.75, 3.05) is 6.61 Å². The summed E-state index contributed by atoms with van der Waals surface area (Å²) in [5.41, 5.74) is 0. The number of aliphatic hydroxyl groups excluding tert-OH is 1. The minimum absolute atomic E-state index is 0.759. The summed E-state index contributed by atoms with van der Waals surface area (Å²) >= 11 is 0. The third-order valence-corrected chi connectivity index (χ3v) is 0.0913. The van der Waals surface area contributed by atoms with Gasteiger partial charge in [-0.1, -0.05) is 6.88 Å². The van der Waals surface area contributed by atoms with Gasteiger partial charge in [-0.2, -0.15) is 0 Å². The van der Waals surface area contributed by atoms with Crippen LogP contribution in [0.5, 0.6) is 0 Å². The van der Waals surface area contributed by atoms with Crippen LogP contribution in [0.4, 0.5) is 0 Å². The lowest BCUT2D eigenvalue weighted by Gasteiger charge is -1.69. The van der Waals surface area contributed by atoms with Crippen molar-refractivity contribution in [2.45, 2.75) is 13.2 Å². The van der Waals surface area contributed by atoms with Crippen LogP contribution in [0, 0.1) is 0 Å². The Morgan fingerprint density at radius 1 is 2.50 bits per heavy atom. The first-order valence-corrected chi connectivity index (χ1v) is 0.958. The van der Waals surface area contributed by atoms with Crippen molar-refractivity contribution in [1.82, 2.24) is 0 Å². The molecule has 0 aliphatic rings. The van der Waals surface area contributed by atoms with Gasteiger partial charge in [-0.25, -0.2) is 0 Å². The van der Waals surface area contributed by atoms with Gasteiger partial charge in [0.1, 0.15) is 0 Å². The molecule has 0 bridgehead atoms. The Morgan fingerprint density at radius 3 is 3.25 bits per heavy atom. The van der Waals surface area contributed by atoms with Gasteiger partial charge in [-0.3, -0.25) is 0 Å². The second-order valence-electron chi connectivity index (χ2n) is 0.362. The maximum Gasteiger partial charge on any atom is 0.0428 e. The second-order valence-corrected chi connectivity index (χ2v) is 0.362. The van der Waals surface area contributed by atoms with Gasteiger partial charge in [-0.15, -0.1) is 0 Å². The van der Waals surface area contributed by atoms with Crippen LogP contribution in [0.15, 0.2) is 0 Å². The molecular formula is C3H8O. The van der Waals surface area contributed by atoms with Crippen LogP contribution < -0.4 is 0 Å². The van der Waals surface area contributed by atoms with Crippen molar-refractivity contribution in [2.24, 2.45) is 0 Å². The van der Waals surface area contributed by atoms with E-state index in [1.54, 1.807) is 0 Å². The topological polar surface area (TPSA) is 20.2 Å². The normalized spacial score (nSPS) is 26.5. The fourth-order valence-corrected chi connectivity index (χ4v) is 0. The predicted octanol–water partition coefficient (Wildman–Crippen LogP) is 0.389. The minimum atomic E-state index is -2.07. The molecule has 0 atom stereocenters. The van der Waals surface area contributed by atoms with E-state index in [1.807, 2.05) is 0 Å². The monoisotopic (exact) mass is 64.1 g/mol. The zero-order valence-corrected chi connectivity index (χ0v) is 2.23. The summed E-state index contributed by atoms with van der Waals surface area (Å²) in [5.74, 6) is 0. The first-order valence-electron chi connectivity index (χ1n) is 3.11. The van der Waals surface area contributed by atoms with Crippen LogP contribution in [0.25, 0.3) is 0 Å². The summed E-state index contributed by atoms with van der Waals surface area (Å²) in [6.45, 7) is -2.36. The fraction of sp³-hybridized carbons (Fsp3) is 1.00. The molecule has 0 spiro atoms. The molecular weight excluding hydrogens is 52.0 g/mol. The third-order valence-electron chi connectivity index (χ3n) is 0.0913. The van der Waals surface area contributed by atoms with Crippen LogP contribution in [-0.4, -0.2) is 11.7 Å². The van der Waals surface area contributed by atoms with Gasteiger partial charge < -0.3 is 5.11 Å². The molecule has 0 heterocycles. The maximum atomic E-state index is 8.15. The first kappa shape index (κ1) is 0.716. The predicted molar refractivity (Wildman–Crippen MR) is 17.4 cm³/mol. The van der Waals surface area contributed by atoms with Gasteiger partial charge in [0.25, 0.3) is 0 Å². The molecule has 0 aromatic heterocycles. The molecule has 0 saturated heterocycles. The highest BCUT2D eigenvalue weighted by Gasteiger charge is 1.57. The SMILES string of the molecule is [2H]C([2H])C([2H])([2H])CO. The Bertz CT molecular complexity index is 71.7. The molecule has 1 nitrogen and oxygen atoms in total. The zero-order chi connectivity index (χ0) is 6.78. The van der Waals surface area contributed by atoms with E-state index in [2.05, 4.69) is 0 Å². The zero-order valence-electron chi connectivity index (χ0n) is 6.23. The Labute approximate surface area is 31.9 Å². The van der Waals surface area contributed by atoms with Gasteiger partial charge in [0.2, 0.25) is 0 Å². The van der Waals surface area contributed by atoms with Crippen LogP contribution >= 0.6 is 0 Å². The van der Waals surface area contributed by atoms with Crippen molar-refractivity contribution >= 4 is 0 Å². The molecule has 0 aliphatic carbocycles. The molecule has 0 radical (unpaired) electrons. The summed E-state index contributed by atoms with van der Waals surface area (Å²) in [4.78, 5) is 0. The lowest BCUT2D eigenvalue weighted by atomic mass is 10.5. The largest absolute Gasteiger partial charge is 0.396 e. The standard InChI is InChI=1S/C3H8O/c1-2-3-4/h4H,2-3H2,1H3/i1D2,2D2. The van der Waals surface area contributed by atoms with E-state index in [4.69, 9.17) is 10.6 Å². The number of aliphatic hydroxyl groups is 1. The molecule has 0 aliphatic heterocycles. The summed E-state index contributed by atoms with van der Waals surface area (Å²) in [6, 6.07) is 0. The van der Waals surface area contributed by atoms with Crippen molar-refractivity contribution in [3.63, 3.8) is 0 Å². The molecule has 0 amide bonds. The Hall–Kier alpha value is -0.0400. The van der Waals surface area contributed by atoms with Crippen molar-refractivity contribution < 1.29 is 10.6 Å². The lowest BCUT2D eigenvalue weighted by Crippen LogP contribution is -1.69. The summed E-state index contributed by atoms with van der Waals surface area (Å²) in [5, 5.41) is 8.15. The van der Waals surface area contributed by atoms with Gasteiger partial charge in [0, 0.05) is 12.1 Å². The fourth-order valence-electron chi connectivity index (χ4n) is 0. The van der Waals surface area contributed by atoms with E-state index in [1.165, 1.54) is 0 Å². The number of hydrogen-bond donors (Lipinski definition) is 1. The second kappa shape index (κ2) is 2.96. The average Bonchev–Trinajstić information content (AvgIpc) is 1.67. The number of hydrogen-bond acceptors (Lipinski definition) is 1. The van der Waals surface area contributed by atoms with Gasteiger partial charge in [0.15, 0.2) is 0 Å². The van der Waals surface area contributed by atoms with E-state index >= 15 is 0 Å². The summed E-state index contributed by atoms with van der Waals surface area (Å²) < 4.78 is 26.4. The molecule has 26 valence electrons. The average molecular weight is 64.1 g/mol. The van der Waals surface area contributed by atoms with E-state index in [-0.39, 0.29) is 0 Å². The highest BCUT2D eigenvalue weighted by Crippen LogP contribution is 1.61. The molecule has 0 rings (SSSR count). The Balaban J connectivity index is 3.71. The highest BCUT2D eigenvalue weighted by molar-refractivity contribution is 4.10. The molecule has 0 fully saturated rings. The lowest BCUT2D eigenvalue weighted by molar-refractivity contribution is 0.295. The Morgan fingerprint density at radius 2 is 3.25 bits per heavy atom. The molecule has 0 saturated carbocycles. The molecule has 1 N–H and O–H groups in total. The number of rotatable bonds is 1. The molecule has 0 aromatic rings. The first-order chi connectivity index (χ1) is 3.50. The van der Waals surface area contributed by atoms with E-state index in [9.17, 15) is 0 Å². The third kappa shape index (κ3) is 1.96. The van der Waals surface area contributed by atoms with Gasteiger partial charge >= 0.3 is 0 Å². The molecule has 1 heteroatoms. The summed E-state index contributed by atoms with van der Waals surface area (Å²) in [6.07, 6.45) is -2.07. The molecule has 0 aromatic carbocycles. The van der Waals surface area contributed by atoms with Gasteiger partial charge in [0.05, 0.1) is 0 Å². The van der Waals surface area contributed by atoms with Crippen LogP contribution in [0.3, 0.4) is 0 Å². The van der Waals surface area contributed by atoms with E-state index in [0.29, 0.717) is 0 Å². The molecule has 0 unspecified atom stereocenters. The maximum absolute atomic E-state index is 8.15. The van der Waals surface area contributed by atoms with Crippen LogP contribution in [0.1, 0.15) is 18.7 Å². The van der Waals surface area contributed by atoms with Crippen LogP contribution in [0.2, 0.25) is 0 Å². The molecule has 4 heavy (non-hydrogen) atoms. The van der Waals surface area contributed by atoms with E-state index < -0.39 is 19.9 Å².